The average Bonchev–Trinajstić information content (AvgIpc) is 2.78. The van der Waals surface area contributed by atoms with E-state index in [-0.39, 0.29) is 6.04 Å². The van der Waals surface area contributed by atoms with Gasteiger partial charge in [0.05, 0.1) is 28.0 Å². The summed E-state index contributed by atoms with van der Waals surface area (Å²) < 4.78 is 1.83. The van der Waals surface area contributed by atoms with Gasteiger partial charge in [0.2, 0.25) is 0 Å². The Morgan fingerprint density at radius 1 is 1.32 bits per heavy atom. The summed E-state index contributed by atoms with van der Waals surface area (Å²) in [7, 11) is 0. The summed E-state index contributed by atoms with van der Waals surface area (Å²) >= 11 is 13.9. The first kappa shape index (κ1) is 14.7. The second-order valence-electron chi connectivity index (χ2n) is 4.04. The Morgan fingerprint density at radius 2 is 2.05 bits per heavy atom. The Labute approximate surface area is 127 Å². The molecule has 0 saturated heterocycles. The van der Waals surface area contributed by atoms with Crippen LogP contribution in [0.25, 0.3) is 0 Å². The number of halogens is 2. The van der Waals surface area contributed by atoms with E-state index in [4.69, 9.17) is 28.9 Å². The minimum Gasteiger partial charge on any atom is -0.322 e. The lowest BCUT2D eigenvalue weighted by Crippen LogP contribution is -2.18. The maximum Gasteiger partial charge on any atom is 0.0834 e. The maximum atomic E-state index is 6.21. The van der Waals surface area contributed by atoms with Gasteiger partial charge in [0.1, 0.15) is 0 Å². The molecular weight excluding hydrogens is 301 g/mol. The Balaban J connectivity index is 2.07. The zero-order valence-corrected chi connectivity index (χ0v) is 12.8. The number of thioether (sulfide) groups is 1. The number of benzene rings is 1. The van der Waals surface area contributed by atoms with Crippen molar-refractivity contribution < 1.29 is 0 Å². The summed E-state index contributed by atoms with van der Waals surface area (Å²) in [4.78, 5) is 1.03. The number of aryl methyl sites for hydroxylation is 1. The standard InChI is InChI=1S/C13H15Cl2N3S/c1-2-18-13(10(15)7-17-18)11(16)8-19-12-6-4-3-5-9(12)14/h3-7,11H,2,8,16H2,1H3. The lowest BCUT2D eigenvalue weighted by atomic mass is 10.2. The molecule has 19 heavy (non-hydrogen) atoms. The summed E-state index contributed by atoms with van der Waals surface area (Å²) in [5, 5.41) is 5.56. The maximum absolute atomic E-state index is 6.21. The Morgan fingerprint density at radius 3 is 2.74 bits per heavy atom. The fraction of sp³-hybridized carbons (Fsp3) is 0.308. The molecule has 0 spiro atoms. The van der Waals surface area contributed by atoms with Gasteiger partial charge >= 0.3 is 0 Å². The first-order chi connectivity index (χ1) is 9.13. The molecule has 1 unspecified atom stereocenters. The van der Waals surface area contributed by atoms with Crippen molar-refractivity contribution in [1.82, 2.24) is 9.78 Å². The van der Waals surface area contributed by atoms with Crippen LogP contribution in [0.5, 0.6) is 0 Å². The van der Waals surface area contributed by atoms with Crippen molar-refractivity contribution in [1.29, 1.82) is 0 Å². The number of aromatic nitrogens is 2. The topological polar surface area (TPSA) is 43.8 Å². The number of rotatable bonds is 5. The summed E-state index contributed by atoms with van der Waals surface area (Å²) in [6.45, 7) is 2.77. The lowest BCUT2D eigenvalue weighted by molar-refractivity contribution is 0.593. The van der Waals surface area contributed by atoms with E-state index in [1.807, 2.05) is 35.9 Å². The zero-order valence-electron chi connectivity index (χ0n) is 10.5. The predicted molar refractivity (Wildman–Crippen MR) is 82.0 cm³/mol. The van der Waals surface area contributed by atoms with E-state index < -0.39 is 0 Å². The smallest absolute Gasteiger partial charge is 0.0834 e. The van der Waals surface area contributed by atoms with Crippen molar-refractivity contribution in [3.8, 4) is 0 Å². The van der Waals surface area contributed by atoms with Crippen molar-refractivity contribution in [3.63, 3.8) is 0 Å². The highest BCUT2D eigenvalue weighted by Gasteiger charge is 2.16. The third-order valence-corrected chi connectivity index (χ3v) is 4.66. The minimum absolute atomic E-state index is 0.170. The molecule has 1 atom stereocenters. The number of hydrogen-bond donors (Lipinski definition) is 1. The molecule has 2 aromatic rings. The monoisotopic (exact) mass is 315 g/mol. The highest BCUT2D eigenvalue weighted by Crippen LogP contribution is 2.31. The first-order valence-electron chi connectivity index (χ1n) is 5.97. The van der Waals surface area contributed by atoms with Crippen LogP contribution in [0.4, 0.5) is 0 Å². The van der Waals surface area contributed by atoms with Gasteiger partial charge < -0.3 is 5.73 Å². The highest BCUT2D eigenvalue weighted by atomic mass is 35.5. The van der Waals surface area contributed by atoms with E-state index in [1.165, 1.54) is 0 Å². The molecule has 102 valence electrons. The molecule has 0 saturated carbocycles. The largest absolute Gasteiger partial charge is 0.322 e. The van der Waals surface area contributed by atoms with E-state index in [2.05, 4.69) is 5.10 Å². The second kappa shape index (κ2) is 6.66. The summed E-state index contributed by atoms with van der Waals surface area (Å²) in [5.74, 6) is 0.704. The number of hydrogen-bond acceptors (Lipinski definition) is 3. The van der Waals surface area contributed by atoms with Crippen LogP contribution in [0.2, 0.25) is 10.0 Å². The van der Waals surface area contributed by atoms with Crippen LogP contribution < -0.4 is 5.73 Å². The van der Waals surface area contributed by atoms with Gasteiger partial charge in [-0.1, -0.05) is 35.3 Å². The molecule has 0 aliphatic rings. The summed E-state index contributed by atoms with van der Waals surface area (Å²) in [6.07, 6.45) is 1.64. The van der Waals surface area contributed by atoms with E-state index in [9.17, 15) is 0 Å². The average molecular weight is 316 g/mol. The summed E-state index contributed by atoms with van der Waals surface area (Å²) in [5.41, 5.74) is 7.08. The normalized spacial score (nSPS) is 12.6. The van der Waals surface area contributed by atoms with Gasteiger partial charge in [0.25, 0.3) is 0 Å². The Kier molecular flexibility index (Phi) is 5.16. The van der Waals surface area contributed by atoms with Gasteiger partial charge in [-0.3, -0.25) is 4.68 Å². The molecule has 2 N–H and O–H groups in total. The van der Waals surface area contributed by atoms with Crippen LogP contribution in [0, 0.1) is 0 Å². The van der Waals surface area contributed by atoms with Crippen LogP contribution in [0.3, 0.4) is 0 Å². The zero-order chi connectivity index (χ0) is 13.8. The quantitative estimate of drug-likeness (QED) is 0.848. The third kappa shape index (κ3) is 3.45. The van der Waals surface area contributed by atoms with Crippen molar-refractivity contribution >= 4 is 35.0 Å². The van der Waals surface area contributed by atoms with E-state index >= 15 is 0 Å². The minimum atomic E-state index is -0.170. The molecule has 1 aromatic heterocycles. The highest BCUT2D eigenvalue weighted by molar-refractivity contribution is 7.99. The molecule has 0 aliphatic heterocycles. The molecule has 0 fully saturated rings. The molecule has 0 bridgehead atoms. The van der Waals surface area contributed by atoms with Crippen LogP contribution in [0.1, 0.15) is 18.7 Å². The van der Waals surface area contributed by atoms with Crippen LogP contribution in [0.15, 0.2) is 35.4 Å². The Hall–Kier alpha value is -0.680. The predicted octanol–water partition coefficient (Wildman–Crippen LogP) is 4.00. The summed E-state index contributed by atoms with van der Waals surface area (Å²) in [6, 6.07) is 7.56. The fourth-order valence-corrected chi connectivity index (χ4v) is 3.29. The van der Waals surface area contributed by atoms with E-state index in [0.717, 1.165) is 22.2 Å². The molecule has 0 amide bonds. The molecule has 6 heteroatoms. The SMILES string of the molecule is CCn1ncc(Cl)c1C(N)CSc1ccccc1Cl. The van der Waals surface area contributed by atoms with E-state index in [1.54, 1.807) is 18.0 Å². The van der Waals surface area contributed by atoms with Gasteiger partial charge in [0, 0.05) is 17.2 Å². The molecule has 3 nitrogen and oxygen atoms in total. The lowest BCUT2D eigenvalue weighted by Gasteiger charge is -2.14. The van der Waals surface area contributed by atoms with Gasteiger partial charge in [-0.05, 0) is 19.1 Å². The van der Waals surface area contributed by atoms with Gasteiger partial charge in [0.15, 0.2) is 0 Å². The van der Waals surface area contributed by atoms with Gasteiger partial charge in [-0.15, -0.1) is 11.8 Å². The second-order valence-corrected chi connectivity index (χ2v) is 5.92. The van der Waals surface area contributed by atoms with Crippen molar-refractivity contribution in [2.24, 2.45) is 5.73 Å². The molecule has 1 heterocycles. The number of nitrogens with zero attached hydrogens (tertiary/aromatic N) is 2. The molecular formula is C13H15Cl2N3S. The van der Waals surface area contributed by atoms with Gasteiger partial charge in [-0.2, -0.15) is 5.10 Å². The molecule has 0 aliphatic carbocycles. The van der Waals surface area contributed by atoms with Crippen molar-refractivity contribution in [2.45, 2.75) is 24.4 Å². The molecule has 1 aromatic carbocycles. The van der Waals surface area contributed by atoms with Gasteiger partial charge in [-0.25, -0.2) is 0 Å². The first-order valence-corrected chi connectivity index (χ1v) is 7.71. The van der Waals surface area contributed by atoms with Crippen molar-refractivity contribution in [2.75, 3.05) is 5.75 Å². The number of nitrogens with two attached hydrogens (primary N) is 1. The van der Waals surface area contributed by atoms with Crippen LogP contribution >= 0.6 is 35.0 Å². The van der Waals surface area contributed by atoms with Crippen LogP contribution in [-0.4, -0.2) is 15.5 Å². The van der Waals surface area contributed by atoms with Crippen LogP contribution in [-0.2, 0) is 6.54 Å². The Bertz CT molecular complexity index is 557. The van der Waals surface area contributed by atoms with E-state index in [0.29, 0.717) is 10.8 Å². The molecule has 2 rings (SSSR count). The third-order valence-electron chi connectivity index (χ3n) is 2.74. The fourth-order valence-electron chi connectivity index (χ4n) is 1.81. The molecule has 0 radical (unpaired) electrons. The van der Waals surface area contributed by atoms with Crippen molar-refractivity contribution in [3.05, 3.63) is 46.2 Å².